The molecule has 2 amide bonds. The Balaban J connectivity index is 0.000000233. The number of amides is 2. The van der Waals surface area contributed by atoms with Crippen molar-refractivity contribution in [1.29, 1.82) is 0 Å². The summed E-state index contributed by atoms with van der Waals surface area (Å²) in [6, 6.07) is 4.54. The molecular formula is C35H43Cl2F2N5O7. The second-order valence-corrected chi connectivity index (χ2v) is 15.3. The van der Waals surface area contributed by atoms with E-state index in [1.807, 2.05) is 0 Å². The largest absolute Gasteiger partial charge is 0.444 e. The molecule has 0 saturated carbocycles. The van der Waals surface area contributed by atoms with E-state index in [0.29, 0.717) is 28.9 Å². The van der Waals surface area contributed by atoms with Gasteiger partial charge in [0.25, 0.3) is 0 Å². The van der Waals surface area contributed by atoms with Crippen LogP contribution in [0.3, 0.4) is 0 Å². The smallest absolute Gasteiger partial charge is 0.410 e. The highest BCUT2D eigenvalue weighted by molar-refractivity contribution is 6.31. The summed E-state index contributed by atoms with van der Waals surface area (Å²) in [5, 5.41) is 13.2. The van der Waals surface area contributed by atoms with Crippen molar-refractivity contribution in [3.63, 3.8) is 0 Å². The predicted octanol–water partition coefficient (Wildman–Crippen LogP) is 7.82. The van der Waals surface area contributed by atoms with Gasteiger partial charge in [-0.2, -0.15) is 0 Å². The van der Waals surface area contributed by atoms with E-state index in [1.165, 1.54) is 28.3 Å². The summed E-state index contributed by atoms with van der Waals surface area (Å²) in [6.07, 6.45) is 2.81. The van der Waals surface area contributed by atoms with Gasteiger partial charge < -0.3 is 28.9 Å². The van der Waals surface area contributed by atoms with E-state index in [1.54, 1.807) is 53.7 Å². The third kappa shape index (κ3) is 10.4. The number of aliphatic hydroxyl groups is 1. The summed E-state index contributed by atoms with van der Waals surface area (Å²) in [5.74, 6) is 0.312. The van der Waals surface area contributed by atoms with Gasteiger partial charge in [0.15, 0.2) is 23.4 Å². The average Bonchev–Trinajstić information content (AvgIpc) is 3.53. The highest BCUT2D eigenvalue weighted by atomic mass is 35.5. The van der Waals surface area contributed by atoms with Crippen LogP contribution in [0.25, 0.3) is 11.3 Å². The Bertz CT molecular complexity index is 1710. The molecule has 2 fully saturated rings. The van der Waals surface area contributed by atoms with Crippen LogP contribution in [0.2, 0.25) is 10.0 Å². The quantitative estimate of drug-likeness (QED) is 0.256. The maximum atomic E-state index is 15.5. The first kappa shape index (κ1) is 39.9. The maximum absolute atomic E-state index is 15.5. The van der Waals surface area contributed by atoms with Gasteiger partial charge in [0.1, 0.15) is 23.5 Å². The molecule has 0 aromatic carbocycles. The predicted molar refractivity (Wildman–Crippen MR) is 185 cm³/mol. The zero-order chi connectivity index (χ0) is 37.8. The van der Waals surface area contributed by atoms with Crippen molar-refractivity contribution in [3.8, 4) is 11.3 Å². The van der Waals surface area contributed by atoms with Gasteiger partial charge in [0.05, 0.1) is 21.4 Å². The third-order valence-corrected chi connectivity index (χ3v) is 8.69. The van der Waals surface area contributed by atoms with Gasteiger partial charge >= 0.3 is 12.2 Å². The number of nitrogens with zero attached hydrogens (tertiary/aromatic N) is 5. The van der Waals surface area contributed by atoms with Crippen LogP contribution < -0.4 is 0 Å². The second kappa shape index (κ2) is 15.8. The Labute approximate surface area is 305 Å². The summed E-state index contributed by atoms with van der Waals surface area (Å²) in [5.41, 5.74) is -3.04. The molecular weight excluding hydrogens is 711 g/mol. The van der Waals surface area contributed by atoms with Crippen molar-refractivity contribution >= 4 is 41.7 Å². The maximum Gasteiger partial charge on any atom is 0.410 e. The molecule has 3 aromatic rings. The first-order chi connectivity index (χ1) is 23.8. The Kier molecular flexibility index (Phi) is 12.4. The number of piperidine rings is 2. The second-order valence-electron chi connectivity index (χ2n) is 14.5. The molecule has 51 heavy (non-hydrogen) atoms. The molecule has 0 radical (unpaired) electrons. The lowest BCUT2D eigenvalue weighted by molar-refractivity contribution is 0.000111. The SMILES string of the molecule is CC(C)(C)OC(=O)N1CCC(F)(c2ncc(-c3cc(CO)on3)cc2Cl)CC1.CC(C)(C)OC(=O)N1CCC(F)(c2ncc(C=O)cc2Cl)CC1. The molecule has 16 heteroatoms. The summed E-state index contributed by atoms with van der Waals surface area (Å²) < 4.78 is 46.3. The van der Waals surface area contributed by atoms with E-state index in [4.69, 9.17) is 42.3 Å². The van der Waals surface area contributed by atoms with E-state index in [2.05, 4.69) is 15.1 Å². The van der Waals surface area contributed by atoms with Crippen LogP contribution in [0.15, 0.2) is 35.1 Å². The molecule has 2 saturated heterocycles. The minimum Gasteiger partial charge on any atom is -0.444 e. The van der Waals surface area contributed by atoms with Gasteiger partial charge in [-0.15, -0.1) is 0 Å². The standard InChI is InChI=1S/C19H23ClFN3O4.C16H20ClFN2O3/c1-18(2,3)27-17(26)24-6-4-19(21,5-7-24)16-14(20)8-12(10-22-16)15-9-13(11-25)28-23-15;1-15(2,3)23-14(22)20-6-4-16(18,5-7-20)13-12(17)8-11(10-21)9-19-13/h8-10,25H,4-7,11H2,1-3H3;8-10H,4-7H2,1-3H3. The van der Waals surface area contributed by atoms with E-state index >= 15 is 8.78 Å². The molecule has 5 heterocycles. The number of likely N-dealkylation sites (tertiary alicyclic amines) is 2. The van der Waals surface area contributed by atoms with Crippen LogP contribution in [0.4, 0.5) is 18.4 Å². The van der Waals surface area contributed by atoms with Gasteiger partial charge in [0, 0.05) is 81.4 Å². The van der Waals surface area contributed by atoms with Crippen molar-refractivity contribution in [1.82, 2.24) is 24.9 Å². The molecule has 0 aliphatic carbocycles. The van der Waals surface area contributed by atoms with Crippen LogP contribution in [-0.4, -0.2) is 85.9 Å². The number of aldehydes is 1. The van der Waals surface area contributed by atoms with Crippen molar-refractivity contribution in [2.24, 2.45) is 0 Å². The number of rotatable bonds is 5. The van der Waals surface area contributed by atoms with Crippen molar-refractivity contribution in [2.75, 3.05) is 26.2 Å². The third-order valence-electron chi connectivity index (χ3n) is 8.11. The summed E-state index contributed by atoms with van der Waals surface area (Å²) >= 11 is 12.4. The van der Waals surface area contributed by atoms with Crippen molar-refractivity contribution in [2.45, 2.75) is 96.4 Å². The van der Waals surface area contributed by atoms with Crippen LogP contribution in [0.1, 0.15) is 94.7 Å². The van der Waals surface area contributed by atoms with Gasteiger partial charge in [-0.25, -0.2) is 18.4 Å². The number of halogens is 4. The molecule has 2 aliphatic heterocycles. The average molecular weight is 755 g/mol. The molecule has 0 atom stereocenters. The molecule has 0 spiro atoms. The van der Waals surface area contributed by atoms with E-state index in [-0.39, 0.29) is 79.9 Å². The zero-order valence-corrected chi connectivity index (χ0v) is 31.0. The number of hydrogen-bond acceptors (Lipinski definition) is 10. The lowest BCUT2D eigenvalue weighted by Crippen LogP contribution is -2.45. The van der Waals surface area contributed by atoms with Crippen molar-refractivity contribution in [3.05, 3.63) is 63.3 Å². The van der Waals surface area contributed by atoms with Crippen LogP contribution in [0, 0.1) is 0 Å². The lowest BCUT2D eigenvalue weighted by Gasteiger charge is -2.37. The summed E-state index contributed by atoms with van der Waals surface area (Å²) in [7, 11) is 0. The Morgan fingerprint density at radius 2 is 1.29 bits per heavy atom. The van der Waals surface area contributed by atoms with Gasteiger partial charge in [-0.1, -0.05) is 28.4 Å². The fourth-order valence-corrected chi connectivity index (χ4v) is 6.17. The van der Waals surface area contributed by atoms with Crippen LogP contribution in [-0.2, 0) is 27.4 Å². The highest BCUT2D eigenvalue weighted by Crippen LogP contribution is 2.41. The van der Waals surface area contributed by atoms with Crippen molar-refractivity contribution < 1.29 is 42.3 Å². The fraction of sp³-hybridized carbons (Fsp3) is 0.543. The number of alkyl halides is 2. The topological polar surface area (TPSA) is 148 Å². The number of aromatic nitrogens is 3. The van der Waals surface area contributed by atoms with E-state index < -0.39 is 34.7 Å². The molecule has 5 rings (SSSR count). The first-order valence-corrected chi connectivity index (χ1v) is 17.2. The Morgan fingerprint density at radius 3 is 1.67 bits per heavy atom. The van der Waals surface area contributed by atoms with Gasteiger partial charge in [-0.05, 0) is 53.7 Å². The number of hydrogen-bond donors (Lipinski definition) is 1. The number of pyridine rings is 2. The molecule has 12 nitrogen and oxygen atoms in total. The first-order valence-electron chi connectivity index (χ1n) is 16.4. The molecule has 2 aliphatic rings. The van der Waals surface area contributed by atoms with Crippen LogP contribution in [0.5, 0.6) is 0 Å². The van der Waals surface area contributed by atoms with E-state index in [9.17, 15) is 14.4 Å². The van der Waals surface area contributed by atoms with Gasteiger partial charge in [0.2, 0.25) is 0 Å². The summed E-state index contributed by atoms with van der Waals surface area (Å²) in [4.78, 5) is 46.1. The number of carbonyl (C=O) groups excluding carboxylic acids is 3. The minimum absolute atomic E-state index is 0.0803. The normalized spacial score (nSPS) is 17.2. The summed E-state index contributed by atoms with van der Waals surface area (Å²) in [6.45, 7) is 11.3. The fourth-order valence-electron chi connectivity index (χ4n) is 5.49. The Morgan fingerprint density at radius 1 is 0.843 bits per heavy atom. The van der Waals surface area contributed by atoms with Crippen LogP contribution >= 0.6 is 23.2 Å². The number of aliphatic hydroxyl groups excluding tert-OH is 1. The molecule has 0 unspecified atom stereocenters. The Hall–Kier alpha value is -3.88. The zero-order valence-electron chi connectivity index (χ0n) is 29.5. The van der Waals surface area contributed by atoms with Gasteiger partial charge in [-0.3, -0.25) is 14.8 Å². The molecule has 0 bridgehead atoms. The molecule has 1 N–H and O–H groups in total. The highest BCUT2D eigenvalue weighted by Gasteiger charge is 2.42. The lowest BCUT2D eigenvalue weighted by atomic mass is 9.89. The van der Waals surface area contributed by atoms with E-state index in [0.717, 1.165) is 0 Å². The molecule has 278 valence electrons. The minimum atomic E-state index is -1.73. The molecule has 3 aromatic heterocycles. The monoisotopic (exact) mass is 753 g/mol. The number of carbonyl (C=O) groups is 3. The number of ether oxygens (including phenoxy) is 2.